The highest BCUT2D eigenvalue weighted by Gasteiger charge is 2.31. The van der Waals surface area contributed by atoms with Crippen LogP contribution in [0.5, 0.6) is 0 Å². The van der Waals surface area contributed by atoms with Crippen molar-refractivity contribution in [2.24, 2.45) is 28.2 Å². The van der Waals surface area contributed by atoms with Crippen LogP contribution in [-0.4, -0.2) is 19.9 Å². The Morgan fingerprint density at radius 2 is 0.643 bits per heavy atom. The number of furan rings is 4. The summed E-state index contributed by atoms with van der Waals surface area (Å²) in [6.45, 7) is 13.1. The van der Waals surface area contributed by atoms with Crippen molar-refractivity contribution in [1.82, 2.24) is 19.9 Å². The predicted molar refractivity (Wildman–Crippen MR) is 511 cm³/mol. The average molecular weight is 1650 g/mol. The van der Waals surface area contributed by atoms with Crippen LogP contribution in [0.15, 0.2) is 310 Å². The van der Waals surface area contributed by atoms with Crippen molar-refractivity contribution in [3.8, 4) is 89.5 Å². The summed E-state index contributed by atoms with van der Waals surface area (Å²) in [5.74, 6) is 2.62. The Kier molecular flexibility index (Phi) is 22.0. The normalized spacial score (nSPS) is 13.9. The molecule has 20 aromatic rings. The van der Waals surface area contributed by atoms with Crippen LogP contribution < -0.4 is 18.3 Å². The van der Waals surface area contributed by atoms with Gasteiger partial charge in [-0.25, -0.2) is 38.2 Å². The van der Waals surface area contributed by atoms with Gasteiger partial charge in [-0.2, -0.15) is 0 Å². The summed E-state index contributed by atoms with van der Waals surface area (Å²) in [6, 6.07) is 87.5. The van der Waals surface area contributed by atoms with Crippen molar-refractivity contribution < 1.29 is 35.9 Å². The van der Waals surface area contributed by atoms with Crippen LogP contribution >= 0.6 is 0 Å². The number of aryl methyl sites for hydroxylation is 8. The van der Waals surface area contributed by atoms with Gasteiger partial charge in [0.05, 0.1) is 33.4 Å². The maximum atomic E-state index is 6.35. The fraction of sp³-hybridized carbons (Fsp3) is 0.228. The third-order valence-electron chi connectivity index (χ3n) is 27.1. The Hall–Kier alpha value is -13.8. The number of hydrogen-bond donors (Lipinski definition) is 0. The highest BCUT2D eigenvalue weighted by atomic mass is 16.4. The average Bonchev–Trinajstić information content (AvgIpc) is 1.57. The lowest BCUT2D eigenvalue weighted by molar-refractivity contribution is -0.660. The molecule has 0 atom stereocenters. The molecule has 8 aromatic carbocycles. The number of nitrogens with zero attached hydrogens (tertiary/aromatic N) is 8. The first-order chi connectivity index (χ1) is 61.6. The molecular formula is C114H106N8O4+4. The zero-order valence-corrected chi connectivity index (χ0v) is 73.7. The van der Waals surface area contributed by atoms with E-state index in [4.69, 9.17) is 17.7 Å². The van der Waals surface area contributed by atoms with Crippen molar-refractivity contribution in [2.45, 2.75) is 142 Å². The summed E-state index contributed by atoms with van der Waals surface area (Å²) in [5, 5.41) is 8.68. The third-order valence-corrected chi connectivity index (χ3v) is 27.1. The van der Waals surface area contributed by atoms with Gasteiger partial charge in [-0.3, -0.25) is 0 Å². The van der Waals surface area contributed by atoms with Gasteiger partial charge in [0.25, 0.3) is 0 Å². The molecule has 12 heteroatoms. The minimum absolute atomic E-state index is 0.484. The number of hydrogen-bond acceptors (Lipinski definition) is 8. The van der Waals surface area contributed by atoms with E-state index in [9.17, 15) is 0 Å². The highest BCUT2D eigenvalue weighted by Crippen LogP contribution is 2.47. The van der Waals surface area contributed by atoms with Gasteiger partial charge in [-0.1, -0.05) is 198 Å². The molecule has 12 nitrogen and oxygen atoms in total. The fourth-order valence-corrected chi connectivity index (χ4v) is 20.4. The number of pyridine rings is 8. The van der Waals surface area contributed by atoms with Crippen molar-refractivity contribution >= 4 is 88.3 Å². The van der Waals surface area contributed by atoms with Crippen molar-refractivity contribution in [1.29, 1.82) is 0 Å². The van der Waals surface area contributed by atoms with Crippen molar-refractivity contribution in [2.75, 3.05) is 0 Å². The van der Waals surface area contributed by atoms with Gasteiger partial charge in [-0.15, -0.1) is 0 Å². The first-order valence-corrected chi connectivity index (χ1v) is 45.1. The minimum atomic E-state index is 0.484. The lowest BCUT2D eigenvalue weighted by atomic mass is 9.91. The molecule has 23 rings (SSSR count). The molecule has 0 spiro atoms. The topological polar surface area (TPSA) is 120 Å². The van der Waals surface area contributed by atoms with Crippen LogP contribution in [0.25, 0.3) is 178 Å². The van der Waals surface area contributed by atoms with Gasteiger partial charge in [0, 0.05) is 104 Å². The van der Waals surface area contributed by atoms with E-state index in [0.717, 1.165) is 111 Å². The molecule has 0 aliphatic heterocycles. The Morgan fingerprint density at radius 3 is 1.06 bits per heavy atom. The molecule has 0 radical (unpaired) electrons. The van der Waals surface area contributed by atoms with E-state index < -0.39 is 0 Å². The molecule has 0 bridgehead atoms. The van der Waals surface area contributed by atoms with E-state index in [2.05, 4.69) is 351 Å². The van der Waals surface area contributed by atoms with E-state index in [0.29, 0.717) is 40.6 Å². The fourth-order valence-electron chi connectivity index (χ4n) is 20.4. The Bertz CT molecular complexity index is 7550. The van der Waals surface area contributed by atoms with Crippen LogP contribution in [0.1, 0.15) is 159 Å². The van der Waals surface area contributed by atoms with Crippen molar-refractivity contribution in [3.05, 3.63) is 337 Å². The van der Waals surface area contributed by atoms with Crippen LogP contribution in [0, 0.1) is 27.7 Å². The molecule has 3 fully saturated rings. The van der Waals surface area contributed by atoms with Crippen LogP contribution in [0.3, 0.4) is 0 Å². The molecule has 0 amide bonds. The maximum absolute atomic E-state index is 6.35. The summed E-state index contributed by atoms with van der Waals surface area (Å²) in [6.07, 6.45) is 31.8. The second-order valence-corrected chi connectivity index (χ2v) is 35.6. The molecule has 0 unspecified atom stereocenters. The van der Waals surface area contributed by atoms with E-state index in [1.54, 1.807) is 24.8 Å². The molecule has 0 saturated heterocycles. The van der Waals surface area contributed by atoms with Crippen LogP contribution in [0.2, 0.25) is 0 Å². The first kappa shape index (κ1) is 80.6. The molecule has 12 aromatic heterocycles. The monoisotopic (exact) mass is 1650 g/mol. The summed E-state index contributed by atoms with van der Waals surface area (Å²) >= 11 is 0. The summed E-state index contributed by atoms with van der Waals surface area (Å²) in [7, 11) is 8.45. The smallest absolute Gasteiger partial charge is 0.227 e. The van der Waals surface area contributed by atoms with Crippen LogP contribution in [-0.2, 0) is 28.2 Å². The first-order valence-electron chi connectivity index (χ1n) is 45.1. The number of fused-ring (bicyclic) bond motifs is 12. The second kappa shape index (κ2) is 34.4. The minimum Gasteiger partial charge on any atom is -0.437 e. The van der Waals surface area contributed by atoms with Gasteiger partial charge in [0.2, 0.25) is 45.6 Å². The number of rotatable bonds is 12. The summed E-state index contributed by atoms with van der Waals surface area (Å²) in [5.41, 5.74) is 36.1. The van der Waals surface area contributed by atoms with Crippen LogP contribution in [0.4, 0.5) is 0 Å². The Labute approximate surface area is 736 Å². The number of aromatic nitrogens is 8. The van der Waals surface area contributed by atoms with E-state index in [-0.39, 0.29) is 0 Å². The van der Waals surface area contributed by atoms with E-state index in [1.807, 2.05) is 24.3 Å². The largest absolute Gasteiger partial charge is 0.437 e. The van der Waals surface area contributed by atoms with E-state index >= 15 is 0 Å². The molecule has 12 heterocycles. The highest BCUT2D eigenvalue weighted by molar-refractivity contribution is 6.13. The summed E-state index contributed by atoms with van der Waals surface area (Å²) < 4.78 is 34.0. The van der Waals surface area contributed by atoms with Gasteiger partial charge >= 0.3 is 0 Å². The zero-order valence-electron chi connectivity index (χ0n) is 73.7. The lowest BCUT2D eigenvalue weighted by Crippen LogP contribution is -2.31. The number of benzene rings is 8. The maximum Gasteiger partial charge on any atom is 0.227 e. The van der Waals surface area contributed by atoms with Gasteiger partial charge < -0.3 is 17.7 Å². The molecule has 3 saturated carbocycles. The molecule has 0 N–H and O–H groups in total. The second-order valence-electron chi connectivity index (χ2n) is 35.6. The SMILES string of the molecule is Cc1ccc2c(oc3ncccc32)c1-c1c(-c2cccc(C(C)C)c2)ccc[n+]1C.Cc1ccc2c(oc3ncccc32)c1-c1c(-c2cccc(C3CCCC3)c2)ccc[n+]1C.Cc1ccc2c(oc3ncccc32)c1-c1cc(-c2cccc(C3CCCC3)c2)cc[n+]1C.Cc1ccc2c(oc3ncccc32)c1-c1ccc(-c2cccc(C3CCCC3)c2)c[n+]1C. The molecule has 3 aliphatic rings. The van der Waals surface area contributed by atoms with Gasteiger partial charge in [0.1, 0.15) is 28.2 Å². The standard InChI is InChI=1S/3C29H27N2O.C27H25N2O/c1-19-14-15-24-25-12-6-16-30-29(25)32-28(24)26(19)27-23(13-7-17-31(27)2)22-11-5-10-21(18-22)20-8-3-4-9-20;1-19-12-14-24-25-11-6-16-30-29(25)32-28(24)27(19)26-15-13-23(18-31(26)2)22-10-5-9-21(17-22)20-7-3-4-8-20;1-19-12-13-24-25-11-6-15-30-29(25)32-28(24)27(19)26-18-23(14-16-31(26)2)22-10-5-9-21(17-22)20-7-3-4-8-20;1-17(2)19-8-5-9-20(16-19)21-11-7-15-29(4)25(21)24-18(3)12-13-22-23-10-6-14-28-27(23)30-26(22)24/h5-7,10-18,20H,3-4,8-9H2,1-2H3;2*5-6,9-18,20H,3-4,7-8H2,1-2H3;5-17H,1-4H3/q4*+1. The zero-order chi connectivity index (χ0) is 85.8. The molecule has 3 aliphatic carbocycles. The predicted octanol–water partition coefficient (Wildman–Crippen LogP) is 27.9. The quantitative estimate of drug-likeness (QED) is 0.111. The lowest BCUT2D eigenvalue weighted by Gasteiger charge is -2.14. The van der Waals surface area contributed by atoms with Gasteiger partial charge in [0.15, 0.2) is 47.1 Å². The van der Waals surface area contributed by atoms with Crippen molar-refractivity contribution in [3.63, 3.8) is 0 Å². The molecular weight excluding hydrogens is 1550 g/mol. The van der Waals surface area contributed by atoms with E-state index in [1.165, 1.54) is 172 Å². The third kappa shape index (κ3) is 15.3. The Balaban J connectivity index is 0.000000106. The molecule has 622 valence electrons. The summed E-state index contributed by atoms with van der Waals surface area (Å²) in [4.78, 5) is 17.8. The Morgan fingerprint density at radius 1 is 0.286 bits per heavy atom. The molecule has 126 heavy (non-hydrogen) atoms. The van der Waals surface area contributed by atoms with Gasteiger partial charge in [-0.05, 0) is 229 Å².